The first-order chi connectivity index (χ1) is 10.3. The van der Waals surface area contributed by atoms with Gasteiger partial charge in [-0.15, -0.1) is 0 Å². The number of halogens is 5. The topological polar surface area (TPSA) is 36.9 Å². The quantitative estimate of drug-likeness (QED) is 0.236. The van der Waals surface area contributed by atoms with Gasteiger partial charge in [0.25, 0.3) is 0 Å². The molecule has 4 nitrogen and oxygen atoms in total. The first-order valence-electron chi connectivity index (χ1n) is 6.30. The third-order valence-corrected chi connectivity index (χ3v) is 3.22. The maximum Gasteiger partial charge on any atom is 0.308 e. The lowest BCUT2D eigenvalue weighted by atomic mass is 10.2. The Morgan fingerprint density at radius 2 is 1.23 bits per heavy atom. The molecule has 0 fully saturated rings. The molecule has 0 aliphatic carbocycles. The summed E-state index contributed by atoms with van der Waals surface area (Å²) >= 11 is 0. The van der Waals surface area contributed by atoms with Crippen molar-refractivity contribution in [1.82, 2.24) is 0 Å². The van der Waals surface area contributed by atoms with Crippen LogP contribution in [0.3, 0.4) is 0 Å². The minimum atomic E-state index is -2.26. The highest BCUT2D eigenvalue weighted by atomic mass is 28.2. The van der Waals surface area contributed by atoms with Gasteiger partial charge in [-0.25, -0.2) is 13.2 Å². The number of hydrogen-bond donors (Lipinski definition) is 0. The van der Waals surface area contributed by atoms with E-state index >= 15 is 0 Å². The van der Waals surface area contributed by atoms with Crippen molar-refractivity contribution in [2.75, 3.05) is 19.8 Å². The zero-order chi connectivity index (χ0) is 16.9. The lowest BCUT2D eigenvalue weighted by Crippen LogP contribution is -2.44. The molecule has 0 saturated carbocycles. The third kappa shape index (κ3) is 3.75. The lowest BCUT2D eigenvalue weighted by Gasteiger charge is -2.31. The summed E-state index contributed by atoms with van der Waals surface area (Å²) in [7, 11) is 0.117. The van der Waals surface area contributed by atoms with Gasteiger partial charge in [-0.3, -0.25) is 0 Å². The Kier molecular flexibility index (Phi) is 6.72. The molecule has 22 heavy (non-hydrogen) atoms. The van der Waals surface area contributed by atoms with E-state index < -0.39 is 47.4 Å². The van der Waals surface area contributed by atoms with Crippen molar-refractivity contribution in [2.45, 2.75) is 19.8 Å². The van der Waals surface area contributed by atoms with E-state index in [9.17, 15) is 22.0 Å². The molecular weight excluding hydrogens is 331 g/mol. The van der Waals surface area contributed by atoms with Crippen molar-refractivity contribution in [3.05, 3.63) is 29.1 Å². The average molecular weight is 346 g/mol. The number of rotatable bonds is 8. The second kappa shape index (κ2) is 7.86. The zero-order valence-corrected chi connectivity index (χ0v) is 14.1. The van der Waals surface area contributed by atoms with Gasteiger partial charge >= 0.3 is 5.97 Å². The molecule has 0 heterocycles. The van der Waals surface area contributed by atoms with E-state index in [1.54, 1.807) is 13.8 Å². The largest absolute Gasteiger partial charge is 0.479 e. The highest BCUT2D eigenvalue weighted by Gasteiger charge is 2.35. The fraction of sp³-hybridized carbons (Fsp3) is 0.500. The van der Waals surface area contributed by atoms with Crippen LogP contribution in [0.15, 0.2) is 0 Å². The van der Waals surface area contributed by atoms with Gasteiger partial charge in [-0.1, -0.05) is 0 Å². The molecule has 0 aliphatic rings. The fourth-order valence-corrected chi connectivity index (χ4v) is 1.97. The van der Waals surface area contributed by atoms with Gasteiger partial charge in [0.05, 0.1) is 0 Å². The lowest BCUT2D eigenvalue weighted by molar-refractivity contribution is -0.350. The molecule has 1 aromatic carbocycles. The van der Waals surface area contributed by atoms with E-state index in [1.165, 1.54) is 0 Å². The second-order valence-electron chi connectivity index (χ2n) is 3.94. The van der Waals surface area contributed by atoms with Crippen molar-refractivity contribution in [2.24, 2.45) is 0 Å². The van der Waals surface area contributed by atoms with Crippen LogP contribution in [0.5, 0.6) is 5.75 Å². The van der Waals surface area contributed by atoms with Gasteiger partial charge in [0, 0.05) is 13.2 Å². The predicted octanol–water partition coefficient (Wildman–Crippen LogP) is 1.78. The highest BCUT2D eigenvalue weighted by molar-refractivity contribution is 5.98. The fourth-order valence-electron chi connectivity index (χ4n) is 1.61. The first kappa shape index (κ1) is 18.8. The summed E-state index contributed by atoms with van der Waals surface area (Å²) in [5, 5.41) is 0. The molecule has 1 aromatic rings. The molecule has 0 spiro atoms. The maximum absolute atomic E-state index is 13.5. The average Bonchev–Trinajstić information content (AvgIpc) is 2.51. The van der Waals surface area contributed by atoms with Crippen LogP contribution in [0.4, 0.5) is 22.0 Å². The Hall–Kier alpha value is -1.23. The Morgan fingerprint density at radius 1 is 0.818 bits per heavy atom. The van der Waals surface area contributed by atoms with Gasteiger partial charge in [-0.2, -0.15) is 8.78 Å². The highest BCUT2D eigenvalue weighted by Crippen LogP contribution is 2.30. The molecule has 0 aliphatic heterocycles. The molecule has 0 N–H and O–H groups in total. The van der Waals surface area contributed by atoms with Crippen molar-refractivity contribution < 1.29 is 40.6 Å². The van der Waals surface area contributed by atoms with Gasteiger partial charge < -0.3 is 18.6 Å². The Bertz CT molecular complexity index is 494. The van der Waals surface area contributed by atoms with Crippen LogP contribution in [0.2, 0.25) is 0 Å². The van der Waals surface area contributed by atoms with Gasteiger partial charge in [0.1, 0.15) is 0 Å². The standard InChI is InChI=1S/C12H15F5O4Si/c1-3-19-12(21-22,20-4-2)5-18-11-9(16)7(14)6(13)8(15)10(11)17/h3-5H2,1-2,22H3. The van der Waals surface area contributed by atoms with Crippen LogP contribution in [0, 0.1) is 29.1 Å². The summed E-state index contributed by atoms with van der Waals surface area (Å²) < 4.78 is 86.2. The molecule has 0 bridgehead atoms. The molecule has 0 amide bonds. The van der Waals surface area contributed by atoms with Crippen molar-refractivity contribution >= 4 is 10.5 Å². The molecule has 10 heteroatoms. The van der Waals surface area contributed by atoms with Crippen LogP contribution in [-0.2, 0) is 13.9 Å². The van der Waals surface area contributed by atoms with Crippen molar-refractivity contribution in [3.8, 4) is 5.75 Å². The Balaban J connectivity index is 3.09. The van der Waals surface area contributed by atoms with Crippen LogP contribution in [-0.4, -0.2) is 36.3 Å². The SMILES string of the molecule is CCOC(COc1c(F)c(F)c(F)c(F)c1F)(O[SiH3])OCC. The summed E-state index contributed by atoms with van der Waals surface area (Å²) in [5.74, 6) is -13.8. The monoisotopic (exact) mass is 346 g/mol. The summed E-state index contributed by atoms with van der Waals surface area (Å²) in [6.07, 6.45) is 0. The van der Waals surface area contributed by atoms with E-state index in [-0.39, 0.29) is 23.7 Å². The van der Waals surface area contributed by atoms with Gasteiger partial charge in [-0.05, 0) is 13.8 Å². The van der Waals surface area contributed by atoms with Gasteiger partial charge in [0.2, 0.25) is 29.1 Å². The normalized spacial score (nSPS) is 12.0. The number of benzene rings is 1. The van der Waals surface area contributed by atoms with Crippen LogP contribution in [0.1, 0.15) is 13.8 Å². The van der Waals surface area contributed by atoms with E-state index in [1.807, 2.05) is 0 Å². The summed E-state index contributed by atoms with van der Waals surface area (Å²) in [5.41, 5.74) is 0. The van der Waals surface area contributed by atoms with Crippen LogP contribution >= 0.6 is 0 Å². The number of ether oxygens (including phenoxy) is 3. The molecular formula is C12H15F5O4Si. The summed E-state index contributed by atoms with van der Waals surface area (Å²) in [4.78, 5) is 0. The third-order valence-electron chi connectivity index (χ3n) is 2.60. The smallest absolute Gasteiger partial charge is 0.308 e. The minimum Gasteiger partial charge on any atom is -0.479 e. The van der Waals surface area contributed by atoms with Crippen molar-refractivity contribution in [3.63, 3.8) is 0 Å². The summed E-state index contributed by atoms with van der Waals surface area (Å²) in [6, 6.07) is 0. The van der Waals surface area contributed by atoms with E-state index in [4.69, 9.17) is 18.6 Å². The molecule has 0 radical (unpaired) electrons. The molecule has 0 atom stereocenters. The predicted molar refractivity (Wildman–Crippen MR) is 68.7 cm³/mol. The molecule has 0 aromatic heterocycles. The molecule has 0 saturated heterocycles. The Morgan fingerprint density at radius 3 is 1.59 bits per heavy atom. The second-order valence-corrected chi connectivity index (χ2v) is 4.35. The molecule has 0 unspecified atom stereocenters. The van der Waals surface area contributed by atoms with E-state index in [0.29, 0.717) is 0 Å². The zero-order valence-electron chi connectivity index (χ0n) is 12.1. The Labute approximate surface area is 126 Å². The van der Waals surface area contributed by atoms with E-state index in [0.717, 1.165) is 0 Å². The summed E-state index contributed by atoms with van der Waals surface area (Å²) in [6.45, 7) is 2.72. The van der Waals surface area contributed by atoms with Crippen LogP contribution in [0.25, 0.3) is 0 Å². The first-order valence-corrected chi connectivity index (χ1v) is 7.12. The van der Waals surface area contributed by atoms with Crippen molar-refractivity contribution in [1.29, 1.82) is 0 Å². The molecule has 126 valence electrons. The van der Waals surface area contributed by atoms with Gasteiger partial charge in [0.15, 0.2) is 22.8 Å². The number of hydrogen-bond acceptors (Lipinski definition) is 4. The van der Waals surface area contributed by atoms with Crippen LogP contribution < -0.4 is 4.74 Å². The van der Waals surface area contributed by atoms with E-state index in [2.05, 4.69) is 0 Å². The maximum atomic E-state index is 13.5. The molecule has 1 rings (SSSR count). The minimum absolute atomic E-state index is 0.114.